The fourth-order valence-electron chi connectivity index (χ4n) is 2.41. The van der Waals surface area contributed by atoms with E-state index in [-0.39, 0.29) is 12.1 Å². The molecule has 0 aliphatic carbocycles. The molecule has 0 radical (unpaired) electrons. The summed E-state index contributed by atoms with van der Waals surface area (Å²) >= 11 is 0. The van der Waals surface area contributed by atoms with Gasteiger partial charge in [-0.2, -0.15) is 0 Å². The van der Waals surface area contributed by atoms with E-state index in [1.165, 1.54) is 17.2 Å². The Balaban J connectivity index is 1.95. The van der Waals surface area contributed by atoms with E-state index in [4.69, 9.17) is 4.74 Å². The molecule has 1 aromatic carbocycles. The number of nitrogens with zero attached hydrogens (tertiary/aromatic N) is 3. The molecule has 0 unspecified atom stereocenters. The lowest BCUT2D eigenvalue weighted by molar-refractivity contribution is 0.0981. The zero-order chi connectivity index (χ0) is 17.6. The molecule has 5 nitrogen and oxygen atoms in total. The number of pyridine rings is 2. The molecule has 0 aliphatic heterocycles. The number of carbonyl (C=O) groups excluding carboxylic acids is 1. The van der Waals surface area contributed by atoms with Gasteiger partial charge in [-0.25, -0.2) is 4.39 Å². The van der Waals surface area contributed by atoms with Gasteiger partial charge in [-0.05, 0) is 35.9 Å². The van der Waals surface area contributed by atoms with Crippen LogP contribution >= 0.6 is 0 Å². The van der Waals surface area contributed by atoms with Crippen LogP contribution in [0.2, 0.25) is 0 Å². The first-order valence-electron chi connectivity index (χ1n) is 7.63. The summed E-state index contributed by atoms with van der Waals surface area (Å²) in [5, 5.41) is 0. The quantitative estimate of drug-likeness (QED) is 0.715. The van der Waals surface area contributed by atoms with Gasteiger partial charge < -0.3 is 9.64 Å². The number of carbonyl (C=O) groups is 1. The maximum atomic E-state index is 14.0. The molecule has 3 rings (SSSR count). The van der Waals surface area contributed by atoms with Crippen molar-refractivity contribution < 1.29 is 13.9 Å². The van der Waals surface area contributed by atoms with Crippen molar-refractivity contribution in [1.29, 1.82) is 0 Å². The Bertz CT molecular complexity index is 854. The summed E-state index contributed by atoms with van der Waals surface area (Å²) in [7, 11) is 1.59. The topological polar surface area (TPSA) is 55.3 Å². The van der Waals surface area contributed by atoms with Crippen molar-refractivity contribution >= 4 is 11.6 Å². The molecule has 126 valence electrons. The van der Waals surface area contributed by atoms with E-state index >= 15 is 0 Å². The molecule has 25 heavy (non-hydrogen) atoms. The van der Waals surface area contributed by atoms with E-state index in [2.05, 4.69) is 9.97 Å². The molecule has 0 atom stereocenters. The van der Waals surface area contributed by atoms with Crippen LogP contribution in [0.4, 0.5) is 10.1 Å². The van der Waals surface area contributed by atoms with E-state index < -0.39 is 11.7 Å². The van der Waals surface area contributed by atoms with Crippen LogP contribution in [0.5, 0.6) is 5.75 Å². The number of halogens is 1. The summed E-state index contributed by atoms with van der Waals surface area (Å²) in [5.74, 6) is -0.367. The molecule has 0 saturated carbocycles. The van der Waals surface area contributed by atoms with Crippen LogP contribution < -0.4 is 9.64 Å². The van der Waals surface area contributed by atoms with Gasteiger partial charge in [0.1, 0.15) is 5.75 Å². The Labute approximate surface area is 144 Å². The Hall–Kier alpha value is -3.28. The lowest BCUT2D eigenvalue weighted by atomic mass is 10.1. The molecule has 0 spiro atoms. The van der Waals surface area contributed by atoms with Gasteiger partial charge in [0.2, 0.25) is 0 Å². The Morgan fingerprint density at radius 1 is 1.04 bits per heavy atom. The number of amides is 1. The van der Waals surface area contributed by atoms with Gasteiger partial charge in [0.25, 0.3) is 5.91 Å². The highest BCUT2D eigenvalue weighted by atomic mass is 19.1. The minimum Gasteiger partial charge on any atom is -0.497 e. The molecule has 0 bridgehead atoms. The summed E-state index contributed by atoms with van der Waals surface area (Å²) in [6, 6.07) is 12.2. The molecule has 2 aromatic heterocycles. The number of hydrogen-bond acceptors (Lipinski definition) is 4. The van der Waals surface area contributed by atoms with Crippen LogP contribution in [0.15, 0.2) is 67.3 Å². The first kappa shape index (κ1) is 16.6. The van der Waals surface area contributed by atoms with Crippen molar-refractivity contribution in [1.82, 2.24) is 9.97 Å². The zero-order valence-corrected chi connectivity index (χ0v) is 13.6. The van der Waals surface area contributed by atoms with E-state index in [0.717, 1.165) is 17.5 Å². The molecule has 0 fully saturated rings. The van der Waals surface area contributed by atoms with Crippen LogP contribution in [0.3, 0.4) is 0 Å². The van der Waals surface area contributed by atoms with Gasteiger partial charge in [0, 0.05) is 24.3 Å². The Kier molecular flexibility index (Phi) is 4.99. The highest BCUT2D eigenvalue weighted by Crippen LogP contribution is 2.21. The average molecular weight is 337 g/mol. The fraction of sp³-hybridized carbons (Fsp3) is 0.105. The van der Waals surface area contributed by atoms with Gasteiger partial charge in [-0.3, -0.25) is 14.8 Å². The molecule has 1 amide bonds. The minimum absolute atomic E-state index is 0.0275. The standard InChI is InChI=1S/C19H16FN3O2/c1-25-16-4-2-14(3-5-16)13-23(15-6-9-21-10-7-15)19(24)17-8-11-22-12-18(17)20/h2-12H,13H2,1H3. The molecule has 2 heterocycles. The summed E-state index contributed by atoms with van der Waals surface area (Å²) in [6.45, 7) is 0.286. The third kappa shape index (κ3) is 3.80. The summed E-state index contributed by atoms with van der Waals surface area (Å²) < 4.78 is 19.2. The molecular weight excluding hydrogens is 321 g/mol. The van der Waals surface area contributed by atoms with Gasteiger partial charge >= 0.3 is 0 Å². The monoisotopic (exact) mass is 337 g/mol. The van der Waals surface area contributed by atoms with Gasteiger partial charge in [0.05, 0.1) is 25.4 Å². The number of aromatic nitrogens is 2. The van der Waals surface area contributed by atoms with E-state index in [1.54, 1.807) is 31.6 Å². The maximum Gasteiger partial charge on any atom is 0.261 e. The second-order valence-corrected chi connectivity index (χ2v) is 5.30. The number of hydrogen-bond donors (Lipinski definition) is 0. The molecule has 0 saturated heterocycles. The van der Waals surface area contributed by atoms with Gasteiger partial charge in [0.15, 0.2) is 5.82 Å². The van der Waals surface area contributed by atoms with E-state index in [9.17, 15) is 9.18 Å². The van der Waals surface area contributed by atoms with E-state index in [0.29, 0.717) is 5.69 Å². The van der Waals surface area contributed by atoms with Crippen molar-refractivity contribution in [2.45, 2.75) is 6.54 Å². The largest absolute Gasteiger partial charge is 0.497 e. The predicted octanol–water partition coefficient (Wildman–Crippen LogP) is 3.47. The molecule has 0 N–H and O–H groups in total. The van der Waals surface area contributed by atoms with Gasteiger partial charge in [-0.15, -0.1) is 0 Å². The molecular formula is C19H16FN3O2. The summed E-state index contributed by atoms with van der Waals surface area (Å²) in [5.41, 5.74) is 1.49. The van der Waals surface area contributed by atoms with Crippen LogP contribution in [0, 0.1) is 5.82 Å². The van der Waals surface area contributed by atoms with Crippen LogP contribution in [-0.4, -0.2) is 23.0 Å². The molecule has 3 aromatic rings. The third-order valence-corrected chi connectivity index (χ3v) is 3.72. The van der Waals surface area contributed by atoms with Gasteiger partial charge in [-0.1, -0.05) is 12.1 Å². The number of rotatable bonds is 5. The highest BCUT2D eigenvalue weighted by molar-refractivity contribution is 6.06. The summed E-state index contributed by atoms with van der Waals surface area (Å²) in [4.78, 5) is 22.1. The van der Waals surface area contributed by atoms with Crippen LogP contribution in [0.25, 0.3) is 0 Å². The normalized spacial score (nSPS) is 10.3. The highest BCUT2D eigenvalue weighted by Gasteiger charge is 2.21. The predicted molar refractivity (Wildman–Crippen MR) is 91.9 cm³/mol. The molecule has 0 aliphatic rings. The summed E-state index contributed by atoms with van der Waals surface area (Å²) in [6.07, 6.45) is 5.61. The van der Waals surface area contributed by atoms with Crippen molar-refractivity contribution in [3.63, 3.8) is 0 Å². The first-order chi connectivity index (χ1) is 12.2. The Morgan fingerprint density at radius 2 is 1.72 bits per heavy atom. The number of benzene rings is 1. The van der Waals surface area contributed by atoms with E-state index in [1.807, 2.05) is 24.3 Å². The average Bonchev–Trinajstić information content (AvgIpc) is 2.67. The zero-order valence-electron chi connectivity index (χ0n) is 13.6. The second-order valence-electron chi connectivity index (χ2n) is 5.30. The van der Waals surface area contributed by atoms with Crippen molar-refractivity contribution in [3.8, 4) is 5.75 Å². The van der Waals surface area contributed by atoms with Crippen molar-refractivity contribution in [2.75, 3.05) is 12.0 Å². The SMILES string of the molecule is COc1ccc(CN(C(=O)c2ccncc2F)c2ccncc2)cc1. The Morgan fingerprint density at radius 3 is 2.36 bits per heavy atom. The van der Waals surface area contributed by atoms with Crippen LogP contribution in [-0.2, 0) is 6.54 Å². The lowest BCUT2D eigenvalue weighted by Gasteiger charge is -2.23. The van der Waals surface area contributed by atoms with Crippen LogP contribution in [0.1, 0.15) is 15.9 Å². The first-order valence-corrected chi connectivity index (χ1v) is 7.63. The lowest BCUT2D eigenvalue weighted by Crippen LogP contribution is -2.31. The van der Waals surface area contributed by atoms with Crippen molar-refractivity contribution in [3.05, 3.63) is 84.2 Å². The fourth-order valence-corrected chi connectivity index (χ4v) is 2.41. The minimum atomic E-state index is -0.652. The number of anilines is 1. The van der Waals surface area contributed by atoms with Crippen molar-refractivity contribution in [2.24, 2.45) is 0 Å². The number of ether oxygens (including phenoxy) is 1. The third-order valence-electron chi connectivity index (χ3n) is 3.72. The number of methoxy groups -OCH3 is 1. The second kappa shape index (κ2) is 7.53. The molecule has 6 heteroatoms. The smallest absolute Gasteiger partial charge is 0.261 e. The maximum absolute atomic E-state index is 14.0.